The molecular weight excluding hydrogens is 811 g/mol. The minimum atomic E-state index is -0.476. The number of carbonyl (C=O) groups excluding carboxylic acids is 2. The van der Waals surface area contributed by atoms with E-state index in [1.165, 1.54) is 24.3 Å². The number of non-ortho nitro benzene ring substituents is 2. The largest absolute Gasteiger partial charge is 0.399 e. The highest BCUT2D eigenvalue weighted by atomic mass is 127. The molecule has 0 aliphatic heterocycles. The van der Waals surface area contributed by atoms with E-state index in [9.17, 15) is 29.8 Å². The Kier molecular flexibility index (Phi) is 18.8. The number of para-hydroxylation sites is 2. The van der Waals surface area contributed by atoms with Crippen LogP contribution in [0.25, 0.3) is 0 Å². The molecule has 2 aliphatic rings. The molecule has 0 amide bonds. The number of halogens is 1. The molecule has 7 rings (SSSR count). The van der Waals surface area contributed by atoms with Crippen LogP contribution in [0.3, 0.4) is 0 Å². The molecule has 55 heavy (non-hydrogen) atoms. The first-order valence-corrected chi connectivity index (χ1v) is 18.4. The predicted octanol–water partition coefficient (Wildman–Crippen LogP) is 10.9. The summed E-state index contributed by atoms with van der Waals surface area (Å²) < 4.78 is 0.925. The second-order valence-corrected chi connectivity index (χ2v) is 13.1. The molecule has 12 nitrogen and oxygen atoms in total. The topological polar surface area (TPSA) is 197 Å². The zero-order chi connectivity index (χ0) is 39.8. The Balaban J connectivity index is 0.000000191. The number of Topliss-reactive ketones (excluding diaryl/α,β-unsaturated/α-hetero) is 1. The number of allylic oxidation sites excluding steroid dienone is 4. The maximum atomic E-state index is 10.7. The summed E-state index contributed by atoms with van der Waals surface area (Å²) in [4.78, 5) is 40.9. The molecule has 0 unspecified atom stereocenters. The highest BCUT2D eigenvalue weighted by Crippen LogP contribution is 2.22. The van der Waals surface area contributed by atoms with Gasteiger partial charge in [-0.25, -0.2) is 0 Å². The van der Waals surface area contributed by atoms with Crippen molar-refractivity contribution in [2.24, 2.45) is 0 Å². The summed E-state index contributed by atoms with van der Waals surface area (Å²) in [6.07, 6.45) is 11.4. The fraction of sp³-hybridized carbons (Fsp3) is 0.143. The summed E-state index contributed by atoms with van der Waals surface area (Å²) in [5.41, 5.74) is 15.9. The third-order valence-corrected chi connectivity index (χ3v) is 8.49. The molecule has 2 aliphatic carbocycles. The molecule has 0 heterocycles. The Morgan fingerprint density at radius 2 is 1.04 bits per heavy atom. The van der Waals surface area contributed by atoms with Gasteiger partial charge in [-0.15, -0.1) is 0 Å². The highest BCUT2D eigenvalue weighted by molar-refractivity contribution is 14.1. The smallest absolute Gasteiger partial charge is 0.271 e. The molecule has 5 aromatic carbocycles. The maximum absolute atomic E-state index is 10.7. The van der Waals surface area contributed by atoms with Gasteiger partial charge >= 0.3 is 0 Å². The van der Waals surface area contributed by atoms with E-state index >= 15 is 0 Å². The number of nitrogens with one attached hydrogen (secondary N) is 2. The van der Waals surface area contributed by atoms with Crippen LogP contribution in [0, 0.1) is 20.2 Å². The summed E-state index contributed by atoms with van der Waals surface area (Å²) in [5, 5.41) is 27.0. The summed E-state index contributed by atoms with van der Waals surface area (Å²) >= 11 is 2.09. The van der Waals surface area contributed by atoms with Crippen LogP contribution in [0.2, 0.25) is 0 Å². The van der Waals surface area contributed by atoms with Crippen molar-refractivity contribution in [1.82, 2.24) is 0 Å². The van der Waals surface area contributed by atoms with Gasteiger partial charge in [0.15, 0.2) is 11.6 Å². The molecule has 0 aromatic heterocycles. The van der Waals surface area contributed by atoms with Crippen LogP contribution >= 0.6 is 22.6 Å². The minimum Gasteiger partial charge on any atom is -0.399 e. The molecule has 0 radical (unpaired) electrons. The average Bonchev–Trinajstić information content (AvgIpc) is 3.18. The van der Waals surface area contributed by atoms with Crippen molar-refractivity contribution in [3.05, 3.63) is 175 Å². The van der Waals surface area contributed by atoms with Crippen molar-refractivity contribution in [3.8, 4) is 0 Å². The molecule has 0 saturated heterocycles. The van der Waals surface area contributed by atoms with Crippen LogP contribution in [0.15, 0.2) is 155 Å². The molecule has 0 fully saturated rings. The van der Waals surface area contributed by atoms with Gasteiger partial charge in [0.05, 0.1) is 13.4 Å². The Bertz CT molecular complexity index is 2060. The summed E-state index contributed by atoms with van der Waals surface area (Å²) in [6.45, 7) is 0. The first-order valence-electron chi connectivity index (χ1n) is 17.3. The Morgan fingerprint density at radius 1 is 0.564 bits per heavy atom. The SMILES string of the molecule is Nc1cccc(Nc2ccccc2)c1.Nc1cccc([N+](=O)[O-])c1.O=C1C=CCCC1.O=C1CCCC=C1I.O=[N+]([O-])c1cccc(Nc2ccccc2)c1. The van der Waals surface area contributed by atoms with Gasteiger partial charge in [0.1, 0.15) is 0 Å². The number of anilines is 6. The zero-order valence-electron chi connectivity index (χ0n) is 30.1. The van der Waals surface area contributed by atoms with Gasteiger partial charge in [-0.1, -0.05) is 66.7 Å². The molecule has 5 aromatic rings. The highest BCUT2D eigenvalue weighted by Gasteiger charge is 2.09. The van der Waals surface area contributed by atoms with Gasteiger partial charge in [-0.2, -0.15) is 0 Å². The normalized spacial score (nSPS) is 12.6. The van der Waals surface area contributed by atoms with Crippen molar-refractivity contribution >= 4 is 79.7 Å². The second kappa shape index (κ2) is 24.1. The second-order valence-electron chi connectivity index (χ2n) is 11.9. The first kappa shape index (κ1) is 43.1. The number of nitro groups is 2. The van der Waals surface area contributed by atoms with Gasteiger partial charge < -0.3 is 22.1 Å². The number of hydrogen-bond donors (Lipinski definition) is 4. The number of nitro benzene ring substituents is 2. The van der Waals surface area contributed by atoms with Crippen LogP contribution in [0.1, 0.15) is 38.5 Å². The molecule has 13 heteroatoms. The number of nitrogens with two attached hydrogens (primary N) is 2. The molecule has 0 atom stereocenters. The fourth-order valence-corrected chi connectivity index (χ4v) is 5.33. The molecule has 0 spiro atoms. The lowest BCUT2D eigenvalue weighted by Crippen LogP contribution is -2.00. The van der Waals surface area contributed by atoms with E-state index in [1.807, 2.05) is 97.1 Å². The lowest BCUT2D eigenvalue weighted by Gasteiger charge is -2.06. The number of carbonyl (C=O) groups is 2. The van der Waals surface area contributed by atoms with E-state index < -0.39 is 9.85 Å². The quantitative estimate of drug-likeness (QED) is 0.0552. The Labute approximate surface area is 333 Å². The van der Waals surface area contributed by atoms with E-state index in [-0.39, 0.29) is 17.2 Å². The number of benzene rings is 5. The first-order chi connectivity index (χ1) is 26.5. The zero-order valence-corrected chi connectivity index (χ0v) is 32.2. The van der Waals surface area contributed by atoms with Gasteiger partial charge in [-0.05, 0) is 109 Å². The van der Waals surface area contributed by atoms with E-state index in [4.69, 9.17) is 11.5 Å². The van der Waals surface area contributed by atoms with E-state index in [1.54, 1.807) is 30.3 Å². The van der Waals surface area contributed by atoms with Crippen LogP contribution in [-0.4, -0.2) is 21.4 Å². The molecule has 284 valence electrons. The third-order valence-electron chi connectivity index (χ3n) is 7.45. The maximum Gasteiger partial charge on any atom is 0.271 e. The molecular formula is C42H43IN6O6. The third kappa shape index (κ3) is 17.8. The van der Waals surface area contributed by atoms with Crippen LogP contribution in [0.5, 0.6) is 0 Å². The molecule has 0 saturated carbocycles. The Hall–Kier alpha value is -6.35. The monoisotopic (exact) mass is 854 g/mol. The van der Waals surface area contributed by atoms with Crippen molar-refractivity contribution in [2.45, 2.75) is 38.5 Å². The van der Waals surface area contributed by atoms with Crippen molar-refractivity contribution in [2.75, 3.05) is 22.1 Å². The molecule has 0 bridgehead atoms. The number of nitrogens with zero attached hydrogens (tertiary/aromatic N) is 2. The lowest BCUT2D eigenvalue weighted by atomic mass is 10.1. The van der Waals surface area contributed by atoms with Gasteiger partial charge in [0, 0.05) is 71.2 Å². The van der Waals surface area contributed by atoms with E-state index in [0.717, 1.165) is 64.9 Å². The van der Waals surface area contributed by atoms with Crippen LogP contribution in [0.4, 0.5) is 45.5 Å². The molecule has 6 N–H and O–H groups in total. The Morgan fingerprint density at radius 3 is 1.44 bits per heavy atom. The fourth-order valence-electron chi connectivity index (χ4n) is 4.75. The van der Waals surface area contributed by atoms with Gasteiger partial charge in [0.25, 0.3) is 11.4 Å². The van der Waals surface area contributed by atoms with Gasteiger partial charge in [0.2, 0.25) is 0 Å². The number of ketones is 2. The van der Waals surface area contributed by atoms with Crippen molar-refractivity contribution < 1.29 is 19.4 Å². The number of nitrogen functional groups attached to an aromatic ring is 2. The van der Waals surface area contributed by atoms with Crippen LogP contribution < -0.4 is 22.1 Å². The van der Waals surface area contributed by atoms with E-state index in [2.05, 4.69) is 33.2 Å². The standard InChI is InChI=1S/C12H10N2O2.C12H12N2.C6H7IO.C6H6N2O2.C6H8O/c15-14(16)12-8-4-7-11(9-12)13-10-5-2-1-3-6-10;13-10-5-4-8-12(9-10)14-11-6-2-1-3-7-11;7-5-3-1-2-4-6(5)8;7-5-2-1-3-6(4-5)8(9)10;7-6-4-2-1-3-5-6/h1-9,13H;1-9,14H,13H2;3H,1-2,4H2;1-4H,7H2;2,4H,1,3,5H2. The van der Waals surface area contributed by atoms with E-state index in [0.29, 0.717) is 17.2 Å². The predicted molar refractivity (Wildman–Crippen MR) is 230 cm³/mol. The summed E-state index contributed by atoms with van der Waals surface area (Å²) in [5.74, 6) is 0.600. The van der Waals surface area contributed by atoms with Crippen molar-refractivity contribution in [3.63, 3.8) is 0 Å². The van der Waals surface area contributed by atoms with Crippen LogP contribution in [-0.2, 0) is 9.59 Å². The lowest BCUT2D eigenvalue weighted by molar-refractivity contribution is -0.385. The summed E-state index contributed by atoms with van der Waals surface area (Å²) in [6, 6.07) is 39.5. The number of hydrogen-bond acceptors (Lipinski definition) is 10. The van der Waals surface area contributed by atoms with Crippen molar-refractivity contribution in [1.29, 1.82) is 0 Å². The minimum absolute atomic E-state index is 0.0278. The summed E-state index contributed by atoms with van der Waals surface area (Å²) in [7, 11) is 0. The number of rotatable bonds is 6. The van der Waals surface area contributed by atoms with Gasteiger partial charge in [-0.3, -0.25) is 29.8 Å². The average molecular weight is 855 g/mol.